The van der Waals surface area contributed by atoms with E-state index in [1.165, 1.54) is 10.9 Å². The van der Waals surface area contributed by atoms with Gasteiger partial charge in [-0.3, -0.25) is 9.67 Å². The maximum atomic E-state index is 10.6. The molecule has 0 fully saturated rings. The van der Waals surface area contributed by atoms with Gasteiger partial charge in [0.25, 0.3) is 0 Å². The van der Waals surface area contributed by atoms with E-state index < -0.39 is 5.97 Å². The van der Waals surface area contributed by atoms with Crippen molar-refractivity contribution in [3.05, 3.63) is 41.5 Å². The molecule has 0 radical (unpaired) electrons. The topological polar surface area (TPSA) is 92.9 Å². The molecular weight excluding hydrogens is 246 g/mol. The molecule has 2 aromatic rings. The van der Waals surface area contributed by atoms with Gasteiger partial charge >= 0.3 is 5.97 Å². The summed E-state index contributed by atoms with van der Waals surface area (Å²) in [5.74, 6) is -1.06. The van der Waals surface area contributed by atoms with E-state index in [4.69, 9.17) is 5.11 Å². The monoisotopic (exact) mass is 261 g/mol. The minimum atomic E-state index is -1.06. The van der Waals surface area contributed by atoms with Gasteiger partial charge in [0, 0.05) is 25.0 Å². The van der Waals surface area contributed by atoms with E-state index in [1.807, 2.05) is 25.3 Å². The number of nitrogens with zero attached hydrogens (tertiary/aromatic N) is 4. The lowest BCUT2D eigenvalue weighted by Crippen LogP contribution is -2.20. The number of carboxylic acid groups (broad SMARTS) is 1. The van der Waals surface area contributed by atoms with Crippen molar-refractivity contribution in [1.82, 2.24) is 25.3 Å². The molecule has 0 aromatic carbocycles. The van der Waals surface area contributed by atoms with Crippen LogP contribution in [0.25, 0.3) is 0 Å². The van der Waals surface area contributed by atoms with Gasteiger partial charge in [0.2, 0.25) is 0 Å². The summed E-state index contributed by atoms with van der Waals surface area (Å²) in [7, 11) is 0. The molecule has 0 amide bonds. The summed E-state index contributed by atoms with van der Waals surface area (Å²) in [6, 6.07) is 3.99. The highest BCUT2D eigenvalue weighted by atomic mass is 16.4. The first-order valence-electron chi connectivity index (χ1n) is 5.91. The maximum Gasteiger partial charge on any atom is 0.358 e. The fraction of sp³-hybridized carbons (Fsp3) is 0.333. The van der Waals surface area contributed by atoms with Crippen molar-refractivity contribution >= 4 is 5.97 Å². The summed E-state index contributed by atoms with van der Waals surface area (Å²) >= 11 is 0. The van der Waals surface area contributed by atoms with Crippen molar-refractivity contribution in [3.63, 3.8) is 0 Å². The average molecular weight is 261 g/mol. The first kappa shape index (κ1) is 13.2. The molecule has 0 unspecified atom stereocenters. The van der Waals surface area contributed by atoms with Gasteiger partial charge in [0.15, 0.2) is 5.69 Å². The summed E-state index contributed by atoms with van der Waals surface area (Å²) in [6.07, 6.45) is 3.25. The number of carbonyl (C=O) groups is 1. The van der Waals surface area contributed by atoms with Crippen LogP contribution in [0.15, 0.2) is 24.5 Å². The Labute approximate surface area is 110 Å². The molecule has 7 nitrogen and oxygen atoms in total. The molecule has 0 aliphatic carbocycles. The second-order valence-corrected chi connectivity index (χ2v) is 4.16. The molecule has 0 atom stereocenters. The summed E-state index contributed by atoms with van der Waals surface area (Å²) < 4.78 is 1.50. The molecule has 100 valence electrons. The Hall–Kier alpha value is -2.28. The third-order valence-electron chi connectivity index (χ3n) is 2.58. The molecule has 0 bridgehead atoms. The van der Waals surface area contributed by atoms with Crippen molar-refractivity contribution in [2.45, 2.75) is 20.0 Å². The van der Waals surface area contributed by atoms with E-state index in [9.17, 15) is 4.79 Å². The number of carboxylic acids is 1. The van der Waals surface area contributed by atoms with Crippen molar-refractivity contribution in [3.8, 4) is 0 Å². The SMILES string of the molecule is Cc1ccc(CNCCn2cc(C(=O)O)nn2)cn1. The molecule has 19 heavy (non-hydrogen) atoms. The van der Waals surface area contributed by atoms with Crippen LogP contribution in [0.4, 0.5) is 0 Å². The minimum absolute atomic E-state index is 0.0391. The Morgan fingerprint density at radius 1 is 1.47 bits per heavy atom. The zero-order chi connectivity index (χ0) is 13.7. The predicted molar refractivity (Wildman–Crippen MR) is 67.7 cm³/mol. The van der Waals surface area contributed by atoms with Crippen molar-refractivity contribution < 1.29 is 9.90 Å². The van der Waals surface area contributed by atoms with Crippen molar-refractivity contribution in [2.24, 2.45) is 0 Å². The number of hydrogen-bond donors (Lipinski definition) is 2. The van der Waals surface area contributed by atoms with Crippen LogP contribution in [0.3, 0.4) is 0 Å². The molecule has 0 saturated heterocycles. The van der Waals surface area contributed by atoms with Crippen LogP contribution in [0, 0.1) is 6.92 Å². The molecule has 0 saturated carbocycles. The fourth-order valence-electron chi connectivity index (χ4n) is 1.54. The normalized spacial score (nSPS) is 10.6. The highest BCUT2D eigenvalue weighted by Crippen LogP contribution is 1.98. The van der Waals surface area contributed by atoms with Gasteiger partial charge in [0.05, 0.1) is 12.7 Å². The molecule has 7 heteroatoms. The van der Waals surface area contributed by atoms with Crippen LogP contribution >= 0.6 is 0 Å². The van der Waals surface area contributed by atoms with Gasteiger partial charge in [-0.05, 0) is 18.6 Å². The second kappa shape index (κ2) is 6.05. The maximum absolute atomic E-state index is 10.6. The zero-order valence-corrected chi connectivity index (χ0v) is 10.6. The van der Waals surface area contributed by atoms with Crippen LogP contribution in [0.1, 0.15) is 21.7 Å². The lowest BCUT2D eigenvalue weighted by atomic mass is 10.2. The van der Waals surface area contributed by atoms with Gasteiger partial charge < -0.3 is 10.4 Å². The number of aromatic nitrogens is 4. The van der Waals surface area contributed by atoms with Crippen LogP contribution < -0.4 is 5.32 Å². The van der Waals surface area contributed by atoms with Crippen LogP contribution in [0.5, 0.6) is 0 Å². The molecule has 0 spiro atoms. The lowest BCUT2D eigenvalue weighted by molar-refractivity contribution is 0.0690. The molecule has 2 heterocycles. The van der Waals surface area contributed by atoms with E-state index in [-0.39, 0.29) is 5.69 Å². The van der Waals surface area contributed by atoms with Crippen molar-refractivity contribution in [1.29, 1.82) is 0 Å². The van der Waals surface area contributed by atoms with Gasteiger partial charge in [-0.15, -0.1) is 5.10 Å². The summed E-state index contributed by atoms with van der Waals surface area (Å²) in [5, 5.41) is 19.2. The highest BCUT2D eigenvalue weighted by Gasteiger charge is 2.07. The van der Waals surface area contributed by atoms with Gasteiger partial charge in [-0.2, -0.15) is 0 Å². The number of aromatic carboxylic acids is 1. The Bertz CT molecular complexity index is 550. The van der Waals surface area contributed by atoms with Crippen molar-refractivity contribution in [2.75, 3.05) is 6.54 Å². The number of rotatable bonds is 6. The molecule has 2 aromatic heterocycles. The molecule has 0 aliphatic heterocycles. The number of nitrogens with one attached hydrogen (secondary N) is 1. The molecule has 2 rings (SSSR count). The summed E-state index contributed by atoms with van der Waals surface area (Å²) in [4.78, 5) is 14.8. The van der Waals surface area contributed by atoms with E-state index in [1.54, 1.807) is 0 Å². The minimum Gasteiger partial charge on any atom is -0.476 e. The van der Waals surface area contributed by atoms with E-state index >= 15 is 0 Å². The number of pyridine rings is 1. The van der Waals surface area contributed by atoms with Gasteiger partial charge in [-0.1, -0.05) is 11.3 Å². The average Bonchev–Trinajstić information content (AvgIpc) is 2.86. The Morgan fingerprint density at radius 3 is 2.95 bits per heavy atom. The highest BCUT2D eigenvalue weighted by molar-refractivity contribution is 5.84. The first-order valence-corrected chi connectivity index (χ1v) is 5.91. The van der Waals surface area contributed by atoms with Crippen LogP contribution in [-0.4, -0.2) is 37.6 Å². The fourth-order valence-corrected chi connectivity index (χ4v) is 1.54. The lowest BCUT2D eigenvalue weighted by Gasteiger charge is -2.04. The quantitative estimate of drug-likeness (QED) is 0.734. The van der Waals surface area contributed by atoms with E-state index in [0.29, 0.717) is 19.6 Å². The van der Waals surface area contributed by atoms with Crippen LogP contribution in [-0.2, 0) is 13.1 Å². The van der Waals surface area contributed by atoms with Crippen LogP contribution in [0.2, 0.25) is 0 Å². The van der Waals surface area contributed by atoms with Gasteiger partial charge in [-0.25, -0.2) is 4.79 Å². The third-order valence-corrected chi connectivity index (χ3v) is 2.58. The standard InChI is InChI=1S/C12H15N5O2/c1-9-2-3-10(7-14-9)6-13-4-5-17-8-11(12(18)19)15-16-17/h2-3,7-8,13H,4-6H2,1H3,(H,18,19). The number of aryl methyl sites for hydroxylation is 1. The predicted octanol–water partition coefficient (Wildman–Crippen LogP) is 0.470. The largest absolute Gasteiger partial charge is 0.476 e. The van der Waals surface area contributed by atoms with E-state index in [2.05, 4.69) is 20.6 Å². The van der Waals surface area contributed by atoms with E-state index in [0.717, 1.165) is 11.3 Å². The zero-order valence-electron chi connectivity index (χ0n) is 10.6. The Balaban J connectivity index is 1.74. The smallest absolute Gasteiger partial charge is 0.358 e. The summed E-state index contributed by atoms with van der Waals surface area (Å²) in [6.45, 7) is 3.91. The molecular formula is C12H15N5O2. The first-order chi connectivity index (χ1) is 9.15. The number of hydrogen-bond acceptors (Lipinski definition) is 5. The van der Waals surface area contributed by atoms with Gasteiger partial charge in [0.1, 0.15) is 0 Å². The Kier molecular flexibility index (Phi) is 4.19. The molecule has 2 N–H and O–H groups in total. The summed E-state index contributed by atoms with van der Waals surface area (Å²) in [5.41, 5.74) is 2.06. The molecule has 0 aliphatic rings. The third kappa shape index (κ3) is 3.85. The Morgan fingerprint density at radius 2 is 2.32 bits per heavy atom. The second-order valence-electron chi connectivity index (χ2n) is 4.16.